The molecule has 0 fully saturated rings. The number of benzene rings is 1. The number of pyridine rings is 1. The fourth-order valence-electron chi connectivity index (χ4n) is 1.39. The van der Waals surface area contributed by atoms with Crippen molar-refractivity contribution in [3.05, 3.63) is 44.2 Å². The molecule has 14 heavy (non-hydrogen) atoms. The van der Waals surface area contributed by atoms with Gasteiger partial charge >= 0.3 is 0 Å². The Kier molecular flexibility index (Phi) is 2.37. The molecule has 4 heteroatoms. The van der Waals surface area contributed by atoms with Crippen LogP contribution in [0.3, 0.4) is 0 Å². The summed E-state index contributed by atoms with van der Waals surface area (Å²) < 4.78 is 2.39. The number of halogens is 2. The molecule has 0 spiro atoms. The summed E-state index contributed by atoms with van der Waals surface area (Å²) in [5.41, 5.74) is -0.0694. The van der Waals surface area contributed by atoms with Crippen LogP contribution in [0.15, 0.2) is 33.7 Å². The molecule has 0 atom stereocenters. The Bertz CT molecular complexity index is 562. The fraction of sp³-hybridized carbons (Fsp3) is 0.100. The lowest BCUT2D eigenvalue weighted by Gasteiger charge is -2.03. The minimum atomic E-state index is -0.0694. The highest BCUT2D eigenvalue weighted by molar-refractivity contribution is 9.10. The molecule has 1 aromatic heterocycles. The Morgan fingerprint density at radius 1 is 1.43 bits per heavy atom. The van der Waals surface area contributed by atoms with Crippen LogP contribution >= 0.6 is 27.5 Å². The predicted molar refractivity (Wildman–Crippen MR) is 61.9 cm³/mol. The molecule has 1 aromatic carbocycles. The van der Waals surface area contributed by atoms with Gasteiger partial charge in [0.15, 0.2) is 0 Å². The Hall–Kier alpha value is -0.800. The summed E-state index contributed by atoms with van der Waals surface area (Å²) in [4.78, 5) is 11.7. The molecule has 2 aromatic rings. The molecule has 0 aliphatic rings. The van der Waals surface area contributed by atoms with Crippen molar-refractivity contribution in [2.75, 3.05) is 0 Å². The van der Waals surface area contributed by atoms with Gasteiger partial charge in [-0.3, -0.25) is 4.79 Å². The van der Waals surface area contributed by atoms with Crippen LogP contribution in [0.2, 0.25) is 5.02 Å². The standard InChI is InChI=1S/C10H7BrClNO/c1-13-3-2-6-4-7(11)5-8(12)9(6)10(13)14/h2-5H,1H3. The van der Waals surface area contributed by atoms with Gasteiger partial charge in [-0.2, -0.15) is 0 Å². The van der Waals surface area contributed by atoms with Gasteiger partial charge < -0.3 is 4.57 Å². The summed E-state index contributed by atoms with van der Waals surface area (Å²) in [5, 5.41) is 1.91. The van der Waals surface area contributed by atoms with Crippen LogP contribution < -0.4 is 5.56 Å². The molecule has 0 amide bonds. The molecule has 0 aliphatic carbocycles. The van der Waals surface area contributed by atoms with Crippen LogP contribution in [0.1, 0.15) is 0 Å². The topological polar surface area (TPSA) is 22.0 Å². The Balaban J connectivity index is 3.03. The van der Waals surface area contributed by atoms with Crippen molar-refractivity contribution in [1.29, 1.82) is 0 Å². The number of fused-ring (bicyclic) bond motifs is 1. The minimum absolute atomic E-state index is 0.0694. The van der Waals surface area contributed by atoms with E-state index in [9.17, 15) is 4.79 Å². The molecule has 1 heterocycles. The third-order valence-corrected chi connectivity index (χ3v) is 2.85. The maximum Gasteiger partial charge on any atom is 0.259 e. The van der Waals surface area contributed by atoms with Gasteiger partial charge in [-0.05, 0) is 23.6 Å². The van der Waals surface area contributed by atoms with Crippen LogP contribution in [0.25, 0.3) is 10.8 Å². The monoisotopic (exact) mass is 271 g/mol. The van der Waals surface area contributed by atoms with Crippen molar-refractivity contribution in [3.63, 3.8) is 0 Å². The molecule has 72 valence electrons. The number of hydrogen-bond donors (Lipinski definition) is 0. The second-order valence-electron chi connectivity index (χ2n) is 3.08. The average molecular weight is 273 g/mol. The summed E-state index contributed by atoms with van der Waals surface area (Å²) in [5.74, 6) is 0. The first-order valence-electron chi connectivity index (χ1n) is 4.04. The highest BCUT2D eigenvalue weighted by atomic mass is 79.9. The Labute approximate surface area is 94.2 Å². The SMILES string of the molecule is Cn1ccc2cc(Br)cc(Cl)c2c1=O. The Morgan fingerprint density at radius 2 is 2.14 bits per heavy atom. The van der Waals surface area contributed by atoms with Gasteiger partial charge in [0.1, 0.15) is 0 Å². The maximum absolute atomic E-state index is 11.7. The largest absolute Gasteiger partial charge is 0.318 e. The Morgan fingerprint density at radius 3 is 2.86 bits per heavy atom. The van der Waals surface area contributed by atoms with Crippen LogP contribution in [-0.4, -0.2) is 4.57 Å². The van der Waals surface area contributed by atoms with Crippen molar-refractivity contribution in [3.8, 4) is 0 Å². The quantitative estimate of drug-likeness (QED) is 0.723. The van der Waals surface area contributed by atoms with E-state index in [0.29, 0.717) is 10.4 Å². The molecule has 0 N–H and O–H groups in total. The molecule has 2 nitrogen and oxygen atoms in total. The maximum atomic E-state index is 11.7. The van der Waals surface area contributed by atoms with Crippen LogP contribution in [0, 0.1) is 0 Å². The van der Waals surface area contributed by atoms with Gasteiger partial charge in [-0.1, -0.05) is 27.5 Å². The summed E-state index contributed by atoms with van der Waals surface area (Å²) in [6.45, 7) is 0. The highest BCUT2D eigenvalue weighted by Crippen LogP contribution is 2.25. The lowest BCUT2D eigenvalue weighted by Crippen LogP contribution is -2.15. The highest BCUT2D eigenvalue weighted by Gasteiger charge is 2.05. The molecule has 0 saturated heterocycles. The first-order chi connectivity index (χ1) is 6.59. The number of rotatable bonds is 0. The van der Waals surface area contributed by atoms with Crippen LogP contribution in [0.4, 0.5) is 0 Å². The van der Waals surface area contributed by atoms with E-state index < -0.39 is 0 Å². The van der Waals surface area contributed by atoms with E-state index in [-0.39, 0.29) is 5.56 Å². The normalized spacial score (nSPS) is 10.8. The van der Waals surface area contributed by atoms with Crippen LogP contribution in [-0.2, 0) is 7.05 Å². The van der Waals surface area contributed by atoms with Gasteiger partial charge in [0.2, 0.25) is 0 Å². The van der Waals surface area contributed by atoms with E-state index in [2.05, 4.69) is 15.9 Å². The first kappa shape index (κ1) is 9.74. The van der Waals surface area contributed by atoms with Gasteiger partial charge in [0, 0.05) is 17.7 Å². The number of nitrogens with zero attached hydrogens (tertiary/aromatic N) is 1. The van der Waals surface area contributed by atoms with Crippen LogP contribution in [0.5, 0.6) is 0 Å². The molecular formula is C10H7BrClNO. The molecule has 2 rings (SSSR count). The van der Waals surface area contributed by atoms with Crippen molar-refractivity contribution >= 4 is 38.3 Å². The third-order valence-electron chi connectivity index (χ3n) is 2.10. The van der Waals surface area contributed by atoms with E-state index in [4.69, 9.17) is 11.6 Å². The number of aromatic nitrogens is 1. The zero-order valence-corrected chi connectivity index (χ0v) is 9.76. The molecule has 0 radical (unpaired) electrons. The lowest BCUT2D eigenvalue weighted by molar-refractivity contribution is 0.873. The van der Waals surface area contributed by atoms with E-state index in [1.54, 1.807) is 19.3 Å². The van der Waals surface area contributed by atoms with Crippen molar-refractivity contribution < 1.29 is 0 Å². The molecule has 0 bridgehead atoms. The van der Waals surface area contributed by atoms with Gasteiger partial charge in [0.05, 0.1) is 10.4 Å². The van der Waals surface area contributed by atoms with E-state index in [1.165, 1.54) is 4.57 Å². The van der Waals surface area contributed by atoms with E-state index in [1.807, 2.05) is 12.1 Å². The summed E-state index contributed by atoms with van der Waals surface area (Å²) in [7, 11) is 1.71. The second-order valence-corrected chi connectivity index (χ2v) is 4.41. The lowest BCUT2D eigenvalue weighted by atomic mass is 10.2. The smallest absolute Gasteiger partial charge is 0.259 e. The van der Waals surface area contributed by atoms with Crippen molar-refractivity contribution in [2.24, 2.45) is 7.05 Å². The van der Waals surface area contributed by atoms with E-state index >= 15 is 0 Å². The predicted octanol–water partition coefficient (Wildman–Crippen LogP) is 2.95. The van der Waals surface area contributed by atoms with E-state index in [0.717, 1.165) is 9.86 Å². The second kappa shape index (κ2) is 3.41. The van der Waals surface area contributed by atoms with Gasteiger partial charge in [-0.25, -0.2) is 0 Å². The number of hydrogen-bond acceptors (Lipinski definition) is 1. The molecular weight excluding hydrogens is 265 g/mol. The van der Waals surface area contributed by atoms with Gasteiger partial charge in [0.25, 0.3) is 5.56 Å². The minimum Gasteiger partial charge on any atom is -0.318 e. The third kappa shape index (κ3) is 1.47. The fourth-order valence-corrected chi connectivity index (χ4v) is 2.30. The summed E-state index contributed by atoms with van der Waals surface area (Å²) in [6, 6.07) is 5.47. The molecule has 0 saturated carbocycles. The zero-order valence-electron chi connectivity index (χ0n) is 7.42. The number of aryl methyl sites for hydroxylation is 1. The summed E-state index contributed by atoms with van der Waals surface area (Å²) >= 11 is 9.33. The van der Waals surface area contributed by atoms with Gasteiger partial charge in [-0.15, -0.1) is 0 Å². The average Bonchev–Trinajstić information content (AvgIpc) is 2.10. The molecule has 0 aliphatic heterocycles. The van der Waals surface area contributed by atoms with Crippen molar-refractivity contribution in [1.82, 2.24) is 4.57 Å². The molecule has 0 unspecified atom stereocenters. The zero-order chi connectivity index (χ0) is 10.3. The first-order valence-corrected chi connectivity index (χ1v) is 5.21. The summed E-state index contributed by atoms with van der Waals surface area (Å²) in [6.07, 6.45) is 1.73. The van der Waals surface area contributed by atoms with Crippen molar-refractivity contribution in [2.45, 2.75) is 0 Å².